The molecule has 8 heteroatoms. The van der Waals surface area contributed by atoms with E-state index in [4.69, 9.17) is 10.6 Å². The summed E-state index contributed by atoms with van der Waals surface area (Å²) in [6, 6.07) is 4.24. The van der Waals surface area contributed by atoms with E-state index in [2.05, 4.69) is 25.4 Å². The Morgan fingerprint density at radius 2 is 1.95 bits per heavy atom. The maximum atomic E-state index is 5.56. The maximum Gasteiger partial charge on any atom is 0.323 e. The molecule has 0 atom stereocenters. The molecule has 112 valence electrons. The third kappa shape index (κ3) is 4.53. The summed E-state index contributed by atoms with van der Waals surface area (Å²) in [5.41, 5.74) is 3.63. The standard InChI is InChI=1S/C13H19N7O/c1-20(2)12-16-11(19-14)17-13(18-12)21-9-3-4-10-5-7-15-8-6-10/h5-8H,3-4,9,14H2,1-2H3,(H,16,17,18,19). The van der Waals surface area contributed by atoms with Crippen LogP contribution in [-0.4, -0.2) is 40.6 Å². The number of nitrogen functional groups attached to an aromatic ring is 1. The third-order valence-corrected chi connectivity index (χ3v) is 2.72. The van der Waals surface area contributed by atoms with E-state index in [0.29, 0.717) is 12.6 Å². The van der Waals surface area contributed by atoms with E-state index in [0.717, 1.165) is 12.8 Å². The number of nitrogens with zero attached hydrogens (tertiary/aromatic N) is 5. The van der Waals surface area contributed by atoms with Crippen molar-refractivity contribution in [2.75, 3.05) is 31.0 Å². The first-order valence-electron chi connectivity index (χ1n) is 6.61. The second-order valence-corrected chi connectivity index (χ2v) is 4.59. The average molecular weight is 289 g/mol. The summed E-state index contributed by atoms with van der Waals surface area (Å²) in [5.74, 6) is 6.10. The number of aromatic nitrogens is 4. The van der Waals surface area contributed by atoms with Crippen LogP contribution in [-0.2, 0) is 6.42 Å². The quantitative estimate of drug-likeness (QED) is 0.435. The number of hydrogen-bond acceptors (Lipinski definition) is 8. The molecule has 2 aromatic heterocycles. The van der Waals surface area contributed by atoms with Gasteiger partial charge in [-0.2, -0.15) is 15.0 Å². The van der Waals surface area contributed by atoms with Crippen LogP contribution >= 0.6 is 0 Å². The van der Waals surface area contributed by atoms with Crippen molar-refractivity contribution in [2.24, 2.45) is 5.84 Å². The fourth-order valence-electron chi connectivity index (χ4n) is 1.66. The number of anilines is 2. The smallest absolute Gasteiger partial charge is 0.323 e. The number of nitrogens with two attached hydrogens (primary N) is 1. The summed E-state index contributed by atoms with van der Waals surface area (Å²) in [6.07, 6.45) is 5.34. The molecule has 0 saturated heterocycles. The van der Waals surface area contributed by atoms with Crippen molar-refractivity contribution in [3.05, 3.63) is 30.1 Å². The Balaban J connectivity index is 1.89. The molecule has 2 aromatic rings. The lowest BCUT2D eigenvalue weighted by Gasteiger charge is -2.12. The highest BCUT2D eigenvalue weighted by Crippen LogP contribution is 2.12. The fraction of sp³-hybridized carbons (Fsp3) is 0.385. The lowest BCUT2D eigenvalue weighted by molar-refractivity contribution is 0.286. The number of aryl methyl sites for hydroxylation is 1. The van der Waals surface area contributed by atoms with Gasteiger partial charge in [-0.3, -0.25) is 10.4 Å². The first kappa shape index (κ1) is 14.9. The third-order valence-electron chi connectivity index (χ3n) is 2.72. The minimum absolute atomic E-state index is 0.261. The molecule has 3 N–H and O–H groups in total. The van der Waals surface area contributed by atoms with Crippen molar-refractivity contribution in [1.82, 2.24) is 19.9 Å². The minimum atomic E-state index is 0.261. The molecule has 0 aliphatic rings. The second-order valence-electron chi connectivity index (χ2n) is 4.59. The van der Waals surface area contributed by atoms with E-state index in [1.165, 1.54) is 5.56 Å². The van der Waals surface area contributed by atoms with E-state index >= 15 is 0 Å². The number of nitrogens with one attached hydrogen (secondary N) is 1. The van der Waals surface area contributed by atoms with Crippen LogP contribution in [0.4, 0.5) is 11.9 Å². The van der Waals surface area contributed by atoms with E-state index in [1.807, 2.05) is 26.2 Å². The number of hydrazine groups is 1. The molecule has 21 heavy (non-hydrogen) atoms. The number of ether oxygens (including phenoxy) is 1. The summed E-state index contributed by atoms with van der Waals surface area (Å²) in [4.78, 5) is 18.1. The van der Waals surface area contributed by atoms with E-state index in [-0.39, 0.29) is 12.0 Å². The van der Waals surface area contributed by atoms with Gasteiger partial charge in [0.25, 0.3) is 0 Å². The zero-order valence-electron chi connectivity index (χ0n) is 12.2. The highest BCUT2D eigenvalue weighted by molar-refractivity contribution is 5.36. The molecule has 0 aliphatic carbocycles. The van der Waals surface area contributed by atoms with Crippen LogP contribution in [0.1, 0.15) is 12.0 Å². The molecule has 0 fully saturated rings. The molecule has 0 amide bonds. The van der Waals surface area contributed by atoms with Gasteiger partial charge in [-0.1, -0.05) is 0 Å². The molecular formula is C13H19N7O. The predicted molar refractivity (Wildman–Crippen MR) is 80.0 cm³/mol. The van der Waals surface area contributed by atoms with Crippen molar-refractivity contribution >= 4 is 11.9 Å². The summed E-state index contributed by atoms with van der Waals surface area (Å²) < 4.78 is 5.56. The Bertz CT molecular complexity index is 562. The molecule has 2 rings (SSSR count). The van der Waals surface area contributed by atoms with Gasteiger partial charge in [0.2, 0.25) is 11.9 Å². The number of rotatable bonds is 7. The van der Waals surface area contributed by atoms with Crippen LogP contribution in [0.3, 0.4) is 0 Å². The van der Waals surface area contributed by atoms with Crippen LogP contribution in [0.5, 0.6) is 6.01 Å². The summed E-state index contributed by atoms with van der Waals surface area (Å²) in [5, 5.41) is 0. The zero-order valence-corrected chi connectivity index (χ0v) is 12.2. The van der Waals surface area contributed by atoms with Gasteiger partial charge < -0.3 is 9.64 Å². The highest BCUT2D eigenvalue weighted by atomic mass is 16.5. The fourth-order valence-corrected chi connectivity index (χ4v) is 1.66. The zero-order chi connectivity index (χ0) is 15.1. The molecule has 0 saturated carbocycles. The van der Waals surface area contributed by atoms with Crippen molar-refractivity contribution in [3.63, 3.8) is 0 Å². The molecule has 2 heterocycles. The molecular weight excluding hydrogens is 270 g/mol. The van der Waals surface area contributed by atoms with E-state index < -0.39 is 0 Å². The van der Waals surface area contributed by atoms with E-state index in [9.17, 15) is 0 Å². The van der Waals surface area contributed by atoms with Gasteiger partial charge in [0.15, 0.2) is 0 Å². The van der Waals surface area contributed by atoms with Crippen LogP contribution in [0, 0.1) is 0 Å². The SMILES string of the molecule is CN(C)c1nc(NN)nc(OCCCc2ccncc2)n1. The predicted octanol–water partition coefficient (Wildman–Crippen LogP) is 0.630. The van der Waals surface area contributed by atoms with Gasteiger partial charge >= 0.3 is 6.01 Å². The molecule has 0 bridgehead atoms. The molecule has 0 unspecified atom stereocenters. The monoisotopic (exact) mass is 289 g/mol. The van der Waals surface area contributed by atoms with Crippen LogP contribution in [0.25, 0.3) is 0 Å². The molecule has 0 radical (unpaired) electrons. The van der Waals surface area contributed by atoms with Crippen molar-refractivity contribution in [3.8, 4) is 6.01 Å². The van der Waals surface area contributed by atoms with Gasteiger partial charge in [-0.15, -0.1) is 0 Å². The van der Waals surface area contributed by atoms with Crippen LogP contribution < -0.4 is 20.9 Å². The molecule has 0 aromatic carbocycles. The van der Waals surface area contributed by atoms with Crippen LogP contribution in [0.15, 0.2) is 24.5 Å². The summed E-state index contributed by atoms with van der Waals surface area (Å²) >= 11 is 0. The minimum Gasteiger partial charge on any atom is -0.463 e. The largest absolute Gasteiger partial charge is 0.463 e. The topological polar surface area (TPSA) is 102 Å². The first-order chi connectivity index (χ1) is 10.2. The first-order valence-corrected chi connectivity index (χ1v) is 6.61. The Labute approximate surface area is 123 Å². The van der Waals surface area contributed by atoms with Gasteiger partial charge in [0.05, 0.1) is 6.61 Å². The lowest BCUT2D eigenvalue weighted by Crippen LogP contribution is -2.18. The van der Waals surface area contributed by atoms with Gasteiger partial charge in [0, 0.05) is 26.5 Å². The Morgan fingerprint density at radius 3 is 2.62 bits per heavy atom. The number of hydrogen-bond donors (Lipinski definition) is 2. The summed E-state index contributed by atoms with van der Waals surface area (Å²) in [7, 11) is 3.67. The average Bonchev–Trinajstić information content (AvgIpc) is 2.52. The maximum absolute atomic E-state index is 5.56. The van der Waals surface area contributed by atoms with Gasteiger partial charge in [0.1, 0.15) is 0 Å². The van der Waals surface area contributed by atoms with E-state index in [1.54, 1.807) is 17.3 Å². The molecule has 0 aliphatic heterocycles. The van der Waals surface area contributed by atoms with Gasteiger partial charge in [-0.05, 0) is 30.5 Å². The van der Waals surface area contributed by atoms with Gasteiger partial charge in [-0.25, -0.2) is 5.84 Å². The Kier molecular flexibility index (Phi) is 5.22. The van der Waals surface area contributed by atoms with Crippen molar-refractivity contribution in [1.29, 1.82) is 0 Å². The second kappa shape index (κ2) is 7.34. The Hall–Kier alpha value is -2.48. The van der Waals surface area contributed by atoms with Crippen molar-refractivity contribution < 1.29 is 4.74 Å². The normalized spacial score (nSPS) is 10.2. The molecule has 8 nitrogen and oxygen atoms in total. The highest BCUT2D eigenvalue weighted by Gasteiger charge is 2.08. The van der Waals surface area contributed by atoms with Crippen LogP contribution in [0.2, 0.25) is 0 Å². The number of pyridine rings is 1. The Morgan fingerprint density at radius 1 is 1.19 bits per heavy atom. The molecule has 0 spiro atoms. The van der Waals surface area contributed by atoms with Crippen molar-refractivity contribution in [2.45, 2.75) is 12.8 Å². The summed E-state index contributed by atoms with van der Waals surface area (Å²) in [6.45, 7) is 0.517. The lowest BCUT2D eigenvalue weighted by atomic mass is 10.1.